The SMILES string of the molecule is Cc1ccc(Cn2c(=O)c3ccccc3n3c(CCC(=O)NC4CCN(Cc5ccccc5)CC4)nnc23)cc1. The molecule has 1 aliphatic heterocycles. The van der Waals surface area contributed by atoms with Gasteiger partial charge in [-0.3, -0.25) is 23.5 Å². The highest BCUT2D eigenvalue weighted by Crippen LogP contribution is 2.18. The molecule has 40 heavy (non-hydrogen) atoms. The molecule has 8 nitrogen and oxygen atoms in total. The average Bonchev–Trinajstić information content (AvgIpc) is 3.41. The quantitative estimate of drug-likeness (QED) is 0.324. The Morgan fingerprint density at radius 2 is 1.57 bits per heavy atom. The topological polar surface area (TPSA) is 84.5 Å². The van der Waals surface area contributed by atoms with E-state index in [1.807, 2.05) is 65.9 Å². The number of rotatable bonds is 8. The predicted octanol–water partition coefficient (Wildman–Crippen LogP) is 4.11. The molecule has 6 rings (SSSR count). The zero-order valence-corrected chi connectivity index (χ0v) is 22.8. The van der Waals surface area contributed by atoms with Crippen molar-refractivity contribution in [2.45, 2.75) is 51.7 Å². The number of hydrogen-bond acceptors (Lipinski definition) is 5. The summed E-state index contributed by atoms with van der Waals surface area (Å²) in [6, 6.07) is 26.4. The van der Waals surface area contributed by atoms with Crippen LogP contribution in [0.2, 0.25) is 0 Å². The third-order valence-electron chi connectivity index (χ3n) is 7.81. The molecule has 1 N–H and O–H groups in total. The van der Waals surface area contributed by atoms with Gasteiger partial charge in [-0.1, -0.05) is 72.3 Å². The number of aromatic nitrogens is 4. The number of fused-ring (bicyclic) bond motifs is 3. The van der Waals surface area contributed by atoms with Crippen LogP contribution in [-0.2, 0) is 24.3 Å². The molecule has 1 amide bonds. The zero-order chi connectivity index (χ0) is 27.5. The number of nitrogens with one attached hydrogen (secondary N) is 1. The van der Waals surface area contributed by atoms with E-state index in [0.717, 1.165) is 43.6 Å². The molecule has 1 fully saturated rings. The van der Waals surface area contributed by atoms with Crippen LogP contribution in [0.5, 0.6) is 0 Å². The number of carbonyl (C=O) groups is 1. The maximum absolute atomic E-state index is 13.5. The predicted molar refractivity (Wildman–Crippen MR) is 156 cm³/mol. The second-order valence-corrected chi connectivity index (χ2v) is 10.7. The van der Waals surface area contributed by atoms with Crippen molar-refractivity contribution in [2.75, 3.05) is 13.1 Å². The molecular formula is C32H34N6O2. The van der Waals surface area contributed by atoms with Gasteiger partial charge in [0.05, 0.1) is 17.4 Å². The first-order valence-corrected chi connectivity index (χ1v) is 14.0. The molecule has 0 saturated carbocycles. The van der Waals surface area contributed by atoms with E-state index in [-0.39, 0.29) is 17.5 Å². The minimum Gasteiger partial charge on any atom is -0.353 e. The number of aryl methyl sites for hydroxylation is 2. The van der Waals surface area contributed by atoms with Gasteiger partial charge in [0.2, 0.25) is 11.7 Å². The highest BCUT2D eigenvalue weighted by atomic mass is 16.1. The smallest absolute Gasteiger partial charge is 0.263 e. The van der Waals surface area contributed by atoms with Crippen LogP contribution in [0.25, 0.3) is 16.7 Å². The fourth-order valence-corrected chi connectivity index (χ4v) is 5.60. The lowest BCUT2D eigenvalue weighted by Gasteiger charge is -2.32. The minimum atomic E-state index is -0.0982. The van der Waals surface area contributed by atoms with E-state index < -0.39 is 0 Å². The van der Waals surface area contributed by atoms with Gasteiger partial charge in [-0.05, 0) is 43.0 Å². The molecule has 0 bridgehead atoms. The van der Waals surface area contributed by atoms with Crippen LogP contribution in [0.1, 0.15) is 41.8 Å². The van der Waals surface area contributed by atoms with Gasteiger partial charge >= 0.3 is 0 Å². The summed E-state index contributed by atoms with van der Waals surface area (Å²) in [7, 11) is 0. The summed E-state index contributed by atoms with van der Waals surface area (Å²) >= 11 is 0. The molecule has 204 valence electrons. The molecule has 0 unspecified atom stereocenters. The second kappa shape index (κ2) is 11.4. The van der Waals surface area contributed by atoms with E-state index in [9.17, 15) is 9.59 Å². The molecule has 2 aromatic heterocycles. The maximum atomic E-state index is 13.5. The van der Waals surface area contributed by atoms with Crippen molar-refractivity contribution < 1.29 is 4.79 Å². The summed E-state index contributed by atoms with van der Waals surface area (Å²) in [4.78, 5) is 28.8. The summed E-state index contributed by atoms with van der Waals surface area (Å²) in [6.07, 6.45) is 2.65. The Balaban J connectivity index is 1.15. The maximum Gasteiger partial charge on any atom is 0.263 e. The summed E-state index contributed by atoms with van der Waals surface area (Å²) in [5.41, 5.74) is 4.17. The molecule has 3 aromatic carbocycles. The number of para-hydroxylation sites is 1. The molecule has 0 radical (unpaired) electrons. The Hall–Kier alpha value is -4.30. The van der Waals surface area contributed by atoms with E-state index in [1.165, 1.54) is 11.1 Å². The van der Waals surface area contributed by atoms with Crippen molar-refractivity contribution >= 4 is 22.6 Å². The third kappa shape index (κ3) is 5.53. The van der Waals surface area contributed by atoms with Crippen LogP contribution < -0.4 is 10.9 Å². The first kappa shape index (κ1) is 26.0. The lowest BCUT2D eigenvalue weighted by atomic mass is 10.0. The number of carbonyl (C=O) groups excluding carboxylic acids is 1. The highest BCUT2D eigenvalue weighted by molar-refractivity contribution is 5.80. The largest absolute Gasteiger partial charge is 0.353 e. The van der Waals surface area contributed by atoms with Gasteiger partial charge in [0, 0.05) is 38.5 Å². The van der Waals surface area contributed by atoms with Gasteiger partial charge in [0.15, 0.2) is 0 Å². The molecule has 1 aliphatic rings. The van der Waals surface area contributed by atoms with Gasteiger partial charge in [-0.25, -0.2) is 0 Å². The fraction of sp³-hybridized carbons (Fsp3) is 0.312. The van der Waals surface area contributed by atoms with Gasteiger partial charge in [-0.2, -0.15) is 0 Å². The zero-order valence-electron chi connectivity index (χ0n) is 22.8. The van der Waals surface area contributed by atoms with Crippen molar-refractivity contribution in [3.05, 3.63) is 112 Å². The molecule has 3 heterocycles. The minimum absolute atomic E-state index is 0.0236. The molecule has 8 heteroatoms. The van der Waals surface area contributed by atoms with Crippen LogP contribution >= 0.6 is 0 Å². The van der Waals surface area contributed by atoms with E-state index >= 15 is 0 Å². The lowest BCUT2D eigenvalue weighted by molar-refractivity contribution is -0.122. The third-order valence-corrected chi connectivity index (χ3v) is 7.81. The first-order chi connectivity index (χ1) is 19.5. The summed E-state index contributed by atoms with van der Waals surface area (Å²) in [5, 5.41) is 12.7. The Morgan fingerprint density at radius 3 is 2.35 bits per heavy atom. The van der Waals surface area contributed by atoms with Gasteiger partial charge in [0.1, 0.15) is 5.82 Å². The molecule has 1 saturated heterocycles. The molecule has 0 spiro atoms. The van der Waals surface area contributed by atoms with Crippen molar-refractivity contribution in [3.63, 3.8) is 0 Å². The summed E-state index contributed by atoms with van der Waals surface area (Å²) in [5.74, 6) is 1.19. The Kier molecular flexibility index (Phi) is 7.42. The van der Waals surface area contributed by atoms with Crippen LogP contribution in [-0.4, -0.2) is 49.1 Å². The van der Waals surface area contributed by atoms with Gasteiger partial charge < -0.3 is 5.32 Å². The van der Waals surface area contributed by atoms with Gasteiger partial charge in [-0.15, -0.1) is 10.2 Å². The standard InChI is InChI=1S/C32H34N6O2/c1-23-11-13-25(14-12-23)22-37-31(40)27-9-5-6-10-28(27)38-29(34-35-32(37)38)15-16-30(39)33-26-17-19-36(20-18-26)21-24-7-3-2-4-8-24/h2-14,26H,15-22H2,1H3,(H,33,39). The van der Waals surface area contributed by atoms with Crippen LogP contribution in [0.4, 0.5) is 0 Å². The normalized spacial score (nSPS) is 14.6. The van der Waals surface area contributed by atoms with Crippen molar-refractivity contribution in [1.29, 1.82) is 0 Å². The summed E-state index contributed by atoms with van der Waals surface area (Å²) < 4.78 is 3.60. The average molecular weight is 535 g/mol. The van der Waals surface area contributed by atoms with Gasteiger partial charge in [0.25, 0.3) is 5.56 Å². The van der Waals surface area contributed by atoms with Crippen LogP contribution in [0.3, 0.4) is 0 Å². The number of likely N-dealkylation sites (tertiary alicyclic amines) is 1. The molecule has 0 aliphatic carbocycles. The second-order valence-electron chi connectivity index (χ2n) is 10.7. The van der Waals surface area contributed by atoms with E-state index in [1.54, 1.807) is 4.57 Å². The molecule has 0 atom stereocenters. The Bertz CT molecular complexity index is 1680. The fourth-order valence-electron chi connectivity index (χ4n) is 5.60. The molecular weight excluding hydrogens is 500 g/mol. The highest BCUT2D eigenvalue weighted by Gasteiger charge is 2.22. The van der Waals surface area contributed by atoms with E-state index in [0.29, 0.717) is 36.4 Å². The number of hydrogen-bond donors (Lipinski definition) is 1. The first-order valence-electron chi connectivity index (χ1n) is 14.0. The number of piperidine rings is 1. The molecule has 5 aromatic rings. The number of benzene rings is 3. The monoisotopic (exact) mass is 534 g/mol. The van der Waals surface area contributed by atoms with Crippen molar-refractivity contribution in [3.8, 4) is 0 Å². The lowest BCUT2D eigenvalue weighted by Crippen LogP contribution is -2.44. The Morgan fingerprint density at radius 1 is 0.875 bits per heavy atom. The number of nitrogens with zero attached hydrogens (tertiary/aromatic N) is 5. The number of amides is 1. The van der Waals surface area contributed by atoms with Crippen LogP contribution in [0.15, 0.2) is 83.7 Å². The van der Waals surface area contributed by atoms with E-state index in [2.05, 4.69) is 44.7 Å². The summed E-state index contributed by atoms with van der Waals surface area (Å²) in [6.45, 7) is 5.33. The Labute approximate surface area is 233 Å². The van der Waals surface area contributed by atoms with Crippen molar-refractivity contribution in [2.24, 2.45) is 0 Å². The van der Waals surface area contributed by atoms with Crippen LogP contribution in [0, 0.1) is 6.92 Å². The van der Waals surface area contributed by atoms with E-state index in [4.69, 9.17) is 0 Å². The van der Waals surface area contributed by atoms with Crippen molar-refractivity contribution in [1.82, 2.24) is 29.4 Å².